The van der Waals surface area contributed by atoms with Crippen LogP contribution in [-0.4, -0.2) is 38.0 Å². The molecule has 1 atom stereocenters. The van der Waals surface area contributed by atoms with Crippen molar-refractivity contribution in [2.45, 2.75) is 13.0 Å². The molecule has 10 heteroatoms. The van der Waals surface area contributed by atoms with E-state index in [4.69, 9.17) is 9.47 Å². The molecule has 0 aliphatic carbocycles. The fourth-order valence-electron chi connectivity index (χ4n) is 3.86. The molecule has 3 aromatic carbocycles. The summed E-state index contributed by atoms with van der Waals surface area (Å²) in [5.41, 5.74) is 1.62. The molecule has 2 N–H and O–H groups in total. The summed E-state index contributed by atoms with van der Waals surface area (Å²) in [6.45, 7) is 0.324. The Hall–Kier alpha value is -3.92. The molecular weight excluding hydrogens is 545 g/mol. The molecule has 8 nitrogen and oxygen atoms in total. The normalized spacial score (nSPS) is 14.8. The second-order valence-corrected chi connectivity index (χ2v) is 9.34. The Morgan fingerprint density at radius 1 is 1.05 bits per heavy atom. The lowest BCUT2D eigenvalue weighted by molar-refractivity contribution is -0.126. The Kier molecular flexibility index (Phi) is 8.39. The number of methoxy groups -OCH3 is 1. The highest BCUT2D eigenvalue weighted by molar-refractivity contribution is 9.10. The molecule has 0 spiro atoms. The van der Waals surface area contributed by atoms with Crippen LogP contribution in [0.25, 0.3) is 0 Å². The Morgan fingerprint density at radius 3 is 2.43 bits per heavy atom. The van der Waals surface area contributed by atoms with Gasteiger partial charge in [-0.3, -0.25) is 14.4 Å². The van der Waals surface area contributed by atoms with Crippen LogP contribution in [0.2, 0.25) is 0 Å². The van der Waals surface area contributed by atoms with Gasteiger partial charge in [-0.1, -0.05) is 28.1 Å². The number of amides is 3. The van der Waals surface area contributed by atoms with Crippen LogP contribution in [0.1, 0.15) is 12.0 Å². The number of halogens is 2. The van der Waals surface area contributed by atoms with Crippen molar-refractivity contribution in [3.8, 4) is 11.5 Å². The van der Waals surface area contributed by atoms with Gasteiger partial charge in [0, 0.05) is 29.7 Å². The third-order valence-electron chi connectivity index (χ3n) is 5.85. The molecule has 3 aromatic rings. The Bertz CT molecular complexity index is 1280. The highest BCUT2D eigenvalue weighted by Gasteiger charge is 2.35. The zero-order chi connectivity index (χ0) is 26.4. The number of carbonyl (C=O) groups excluding carboxylic acids is 3. The SMILES string of the molecule is COc1ccc(CNC(=O)[C@H]2CC(=O)N(c3ccc(OCC(=O)Nc4ccc(Br)cc4F)cc3)C2)cc1. The van der Waals surface area contributed by atoms with E-state index in [1.807, 2.05) is 24.3 Å². The smallest absolute Gasteiger partial charge is 0.262 e. The van der Waals surface area contributed by atoms with E-state index in [1.54, 1.807) is 42.3 Å². The first-order valence-corrected chi connectivity index (χ1v) is 12.3. The summed E-state index contributed by atoms with van der Waals surface area (Å²) in [6.07, 6.45) is 0.124. The highest BCUT2D eigenvalue weighted by atomic mass is 79.9. The molecule has 0 aromatic heterocycles. The number of nitrogens with one attached hydrogen (secondary N) is 2. The molecule has 0 radical (unpaired) electrons. The van der Waals surface area contributed by atoms with Crippen LogP contribution >= 0.6 is 15.9 Å². The van der Waals surface area contributed by atoms with Gasteiger partial charge in [-0.2, -0.15) is 0 Å². The number of rotatable bonds is 9. The highest BCUT2D eigenvalue weighted by Crippen LogP contribution is 2.27. The molecular formula is C27H25BrFN3O5. The predicted molar refractivity (Wildman–Crippen MR) is 140 cm³/mol. The van der Waals surface area contributed by atoms with Crippen molar-refractivity contribution < 1.29 is 28.2 Å². The summed E-state index contributed by atoms with van der Waals surface area (Å²) in [4.78, 5) is 38.9. The van der Waals surface area contributed by atoms with Crippen molar-refractivity contribution in [2.75, 3.05) is 30.5 Å². The van der Waals surface area contributed by atoms with Crippen LogP contribution < -0.4 is 25.0 Å². The zero-order valence-electron chi connectivity index (χ0n) is 20.0. The molecule has 1 saturated heterocycles. The number of hydrogen-bond acceptors (Lipinski definition) is 5. The Morgan fingerprint density at radius 2 is 1.76 bits per heavy atom. The number of benzene rings is 3. The molecule has 1 aliphatic heterocycles. The third kappa shape index (κ3) is 6.85. The van der Waals surface area contributed by atoms with Gasteiger partial charge >= 0.3 is 0 Å². The number of nitrogens with zero attached hydrogens (tertiary/aromatic N) is 1. The molecule has 1 heterocycles. The molecule has 1 fully saturated rings. The fraction of sp³-hybridized carbons (Fsp3) is 0.222. The van der Waals surface area contributed by atoms with Crippen molar-refractivity contribution >= 4 is 45.0 Å². The molecule has 0 unspecified atom stereocenters. The van der Waals surface area contributed by atoms with E-state index in [0.717, 1.165) is 11.3 Å². The number of carbonyl (C=O) groups is 3. The summed E-state index contributed by atoms with van der Waals surface area (Å²) < 4.78 is 25.1. The Labute approximate surface area is 221 Å². The lowest BCUT2D eigenvalue weighted by Gasteiger charge is -2.17. The van der Waals surface area contributed by atoms with Gasteiger partial charge in [0.15, 0.2) is 6.61 Å². The molecule has 0 saturated carbocycles. The van der Waals surface area contributed by atoms with Crippen molar-refractivity contribution in [1.82, 2.24) is 5.32 Å². The van der Waals surface area contributed by atoms with Gasteiger partial charge in [0.25, 0.3) is 5.91 Å². The molecule has 192 valence electrons. The monoisotopic (exact) mass is 569 g/mol. The van der Waals surface area contributed by atoms with Crippen LogP contribution in [0.3, 0.4) is 0 Å². The van der Waals surface area contributed by atoms with Crippen molar-refractivity contribution in [3.05, 3.63) is 82.6 Å². The van der Waals surface area contributed by atoms with Crippen LogP contribution in [-0.2, 0) is 20.9 Å². The lowest BCUT2D eigenvalue weighted by Crippen LogP contribution is -2.32. The average molecular weight is 570 g/mol. The maximum atomic E-state index is 13.9. The standard InChI is InChI=1S/C27H25BrFN3O5/c1-36-21-7-2-17(3-8-21)14-30-27(35)18-12-26(34)32(15-18)20-5-9-22(10-6-20)37-16-25(33)31-24-11-4-19(28)13-23(24)29/h2-11,13,18H,12,14-16H2,1H3,(H,30,35)(H,31,33)/t18-/m0/s1. The zero-order valence-corrected chi connectivity index (χ0v) is 21.6. The summed E-state index contributed by atoms with van der Waals surface area (Å²) in [5.74, 6) is -0.699. The van der Waals surface area contributed by atoms with E-state index in [0.29, 0.717) is 22.5 Å². The van der Waals surface area contributed by atoms with Gasteiger partial charge in [0.1, 0.15) is 17.3 Å². The van der Waals surface area contributed by atoms with Crippen molar-refractivity contribution in [3.63, 3.8) is 0 Å². The predicted octanol–water partition coefficient (Wildman–Crippen LogP) is 4.28. The van der Waals surface area contributed by atoms with E-state index in [1.165, 1.54) is 12.1 Å². The summed E-state index contributed by atoms with van der Waals surface area (Å²) in [6, 6.07) is 18.4. The quantitative estimate of drug-likeness (QED) is 0.401. The summed E-state index contributed by atoms with van der Waals surface area (Å²) in [7, 11) is 1.59. The maximum absolute atomic E-state index is 13.9. The largest absolute Gasteiger partial charge is 0.497 e. The van der Waals surface area contributed by atoms with E-state index < -0.39 is 17.6 Å². The summed E-state index contributed by atoms with van der Waals surface area (Å²) in [5, 5.41) is 5.34. The van der Waals surface area contributed by atoms with Crippen LogP contribution in [0.15, 0.2) is 71.2 Å². The first-order chi connectivity index (χ1) is 17.8. The lowest BCUT2D eigenvalue weighted by atomic mass is 10.1. The minimum atomic E-state index is -0.560. The van der Waals surface area contributed by atoms with Gasteiger partial charge in [0.05, 0.1) is 18.7 Å². The van der Waals surface area contributed by atoms with Crippen LogP contribution in [0, 0.1) is 11.7 Å². The van der Waals surface area contributed by atoms with Crippen LogP contribution in [0.4, 0.5) is 15.8 Å². The van der Waals surface area contributed by atoms with Gasteiger partial charge < -0.3 is 25.0 Å². The number of ether oxygens (including phenoxy) is 2. The maximum Gasteiger partial charge on any atom is 0.262 e. The average Bonchev–Trinajstić information content (AvgIpc) is 3.30. The molecule has 1 aliphatic rings. The molecule has 0 bridgehead atoms. The first-order valence-electron chi connectivity index (χ1n) is 11.5. The minimum absolute atomic E-state index is 0.0577. The molecule has 3 amide bonds. The van der Waals surface area contributed by atoms with Crippen molar-refractivity contribution in [2.24, 2.45) is 5.92 Å². The van der Waals surface area contributed by atoms with E-state index in [-0.39, 0.29) is 37.1 Å². The second kappa shape index (κ2) is 11.9. The minimum Gasteiger partial charge on any atom is -0.497 e. The number of anilines is 2. The topological polar surface area (TPSA) is 97.0 Å². The van der Waals surface area contributed by atoms with Crippen molar-refractivity contribution in [1.29, 1.82) is 0 Å². The van der Waals surface area contributed by atoms with Gasteiger partial charge in [-0.25, -0.2) is 4.39 Å². The molecule has 4 rings (SSSR count). The van der Waals surface area contributed by atoms with E-state index in [9.17, 15) is 18.8 Å². The van der Waals surface area contributed by atoms with Gasteiger partial charge in [-0.05, 0) is 60.2 Å². The van der Waals surface area contributed by atoms with Gasteiger partial charge in [0.2, 0.25) is 11.8 Å². The summed E-state index contributed by atoms with van der Waals surface area (Å²) >= 11 is 3.16. The Balaban J connectivity index is 1.26. The second-order valence-electron chi connectivity index (χ2n) is 8.43. The fourth-order valence-corrected chi connectivity index (χ4v) is 4.19. The van der Waals surface area contributed by atoms with E-state index in [2.05, 4.69) is 26.6 Å². The van der Waals surface area contributed by atoms with Gasteiger partial charge in [-0.15, -0.1) is 0 Å². The molecule has 37 heavy (non-hydrogen) atoms. The first kappa shape index (κ1) is 26.2. The van der Waals surface area contributed by atoms with E-state index >= 15 is 0 Å². The van der Waals surface area contributed by atoms with Crippen LogP contribution in [0.5, 0.6) is 11.5 Å². The third-order valence-corrected chi connectivity index (χ3v) is 6.34. The number of hydrogen-bond donors (Lipinski definition) is 2.